The minimum atomic E-state index is -0.305. The molecule has 1 amide bonds. The zero-order valence-corrected chi connectivity index (χ0v) is 22.2. The van der Waals surface area contributed by atoms with Gasteiger partial charge in [-0.05, 0) is 62.8 Å². The number of amides is 1. The SMILES string of the molecule is Cc1ccc(NC(=O)[C@@H](C)Sc2ncnc3c2sc2nc(N4CCOCC4)c4c(c23)CCCC4)cc1. The lowest BCUT2D eigenvalue weighted by Gasteiger charge is -2.31. The molecule has 4 aromatic rings. The number of aryl methyl sites for hydroxylation is 2. The van der Waals surface area contributed by atoms with Crippen molar-refractivity contribution in [2.45, 2.75) is 49.8 Å². The number of hydrogen-bond donors (Lipinski definition) is 1. The van der Waals surface area contributed by atoms with Crippen LogP contribution in [0, 0.1) is 6.92 Å². The van der Waals surface area contributed by atoms with Crippen molar-refractivity contribution in [2.75, 3.05) is 36.5 Å². The average molecular weight is 520 g/mol. The predicted molar refractivity (Wildman–Crippen MR) is 148 cm³/mol. The summed E-state index contributed by atoms with van der Waals surface area (Å²) in [5, 5.41) is 4.74. The van der Waals surface area contributed by atoms with E-state index in [1.807, 2.05) is 38.1 Å². The van der Waals surface area contributed by atoms with E-state index in [9.17, 15) is 4.79 Å². The minimum absolute atomic E-state index is 0.0400. The van der Waals surface area contributed by atoms with E-state index in [0.717, 1.165) is 76.3 Å². The number of fused-ring (bicyclic) bond motifs is 5. The molecule has 186 valence electrons. The van der Waals surface area contributed by atoms with Crippen molar-refractivity contribution in [1.82, 2.24) is 15.0 Å². The molecule has 1 atom stereocenters. The fourth-order valence-electron chi connectivity index (χ4n) is 5.04. The predicted octanol–water partition coefficient (Wildman–Crippen LogP) is 5.38. The number of morpholine rings is 1. The number of nitrogens with one attached hydrogen (secondary N) is 1. The summed E-state index contributed by atoms with van der Waals surface area (Å²) in [6, 6.07) is 7.86. The van der Waals surface area contributed by atoms with Crippen molar-refractivity contribution in [3.8, 4) is 0 Å². The van der Waals surface area contributed by atoms with E-state index in [1.165, 1.54) is 41.1 Å². The third-order valence-corrected chi connectivity index (χ3v) is 9.26. The van der Waals surface area contributed by atoms with Crippen LogP contribution in [0.2, 0.25) is 0 Å². The molecular formula is C27H29N5O2S2. The molecule has 0 saturated carbocycles. The third kappa shape index (κ3) is 4.44. The van der Waals surface area contributed by atoms with Gasteiger partial charge in [0.1, 0.15) is 22.0 Å². The first-order chi connectivity index (χ1) is 17.6. The average Bonchev–Trinajstić information content (AvgIpc) is 3.30. The zero-order valence-electron chi connectivity index (χ0n) is 20.5. The molecule has 0 spiro atoms. The number of carbonyl (C=O) groups excluding carboxylic acids is 1. The van der Waals surface area contributed by atoms with Gasteiger partial charge in [-0.2, -0.15) is 0 Å². The second kappa shape index (κ2) is 9.95. The highest BCUT2D eigenvalue weighted by Crippen LogP contribution is 2.43. The van der Waals surface area contributed by atoms with Crippen LogP contribution in [0.15, 0.2) is 35.6 Å². The monoisotopic (exact) mass is 519 g/mol. The molecule has 0 unspecified atom stereocenters. The molecular weight excluding hydrogens is 490 g/mol. The summed E-state index contributed by atoms with van der Waals surface area (Å²) < 4.78 is 6.62. The Kier molecular flexibility index (Phi) is 6.54. The van der Waals surface area contributed by atoms with E-state index < -0.39 is 0 Å². The quantitative estimate of drug-likeness (QED) is 0.280. The minimum Gasteiger partial charge on any atom is -0.378 e. The molecule has 3 aromatic heterocycles. The molecule has 1 aromatic carbocycles. The first kappa shape index (κ1) is 23.6. The summed E-state index contributed by atoms with van der Waals surface area (Å²) in [5.41, 5.74) is 5.72. The highest BCUT2D eigenvalue weighted by molar-refractivity contribution is 8.00. The van der Waals surface area contributed by atoms with Crippen molar-refractivity contribution in [3.63, 3.8) is 0 Å². The fraction of sp³-hybridized carbons (Fsp3) is 0.407. The van der Waals surface area contributed by atoms with Crippen LogP contribution in [0.4, 0.5) is 11.5 Å². The molecule has 4 heterocycles. The zero-order chi connectivity index (χ0) is 24.6. The van der Waals surface area contributed by atoms with Crippen molar-refractivity contribution >= 4 is 60.9 Å². The molecule has 6 rings (SSSR count). The van der Waals surface area contributed by atoms with E-state index in [1.54, 1.807) is 17.7 Å². The smallest absolute Gasteiger partial charge is 0.237 e. The Morgan fingerprint density at radius 3 is 2.64 bits per heavy atom. The van der Waals surface area contributed by atoms with Gasteiger partial charge in [0.05, 0.1) is 28.7 Å². The van der Waals surface area contributed by atoms with Crippen molar-refractivity contribution < 1.29 is 9.53 Å². The van der Waals surface area contributed by atoms with Crippen LogP contribution in [0.3, 0.4) is 0 Å². The van der Waals surface area contributed by atoms with E-state index in [0.29, 0.717) is 0 Å². The van der Waals surface area contributed by atoms with Crippen molar-refractivity contribution in [3.05, 3.63) is 47.3 Å². The Hall–Kier alpha value is -2.75. The van der Waals surface area contributed by atoms with Crippen LogP contribution in [0.5, 0.6) is 0 Å². The van der Waals surface area contributed by atoms with Gasteiger partial charge in [0.25, 0.3) is 0 Å². The Bertz CT molecular complexity index is 1430. The number of thioether (sulfide) groups is 1. The first-order valence-corrected chi connectivity index (χ1v) is 14.2. The van der Waals surface area contributed by atoms with Crippen LogP contribution in [0.1, 0.15) is 36.5 Å². The Morgan fingerprint density at radius 1 is 1.11 bits per heavy atom. The van der Waals surface area contributed by atoms with Gasteiger partial charge in [0, 0.05) is 24.2 Å². The summed E-state index contributed by atoms with van der Waals surface area (Å²) in [6.45, 7) is 7.21. The molecule has 9 heteroatoms. The number of ether oxygens (including phenoxy) is 1. The lowest BCUT2D eigenvalue weighted by molar-refractivity contribution is -0.115. The van der Waals surface area contributed by atoms with Crippen LogP contribution in [-0.4, -0.2) is 52.4 Å². The Morgan fingerprint density at radius 2 is 1.86 bits per heavy atom. The fourth-order valence-corrected chi connectivity index (χ4v) is 7.16. The topological polar surface area (TPSA) is 80.2 Å². The van der Waals surface area contributed by atoms with E-state index in [-0.39, 0.29) is 11.2 Å². The number of carbonyl (C=O) groups is 1. The largest absolute Gasteiger partial charge is 0.378 e. The van der Waals surface area contributed by atoms with Gasteiger partial charge >= 0.3 is 0 Å². The molecule has 1 aliphatic heterocycles. The van der Waals surface area contributed by atoms with Crippen LogP contribution in [0.25, 0.3) is 20.4 Å². The number of hydrogen-bond acceptors (Lipinski definition) is 8. The normalized spacial score (nSPS) is 16.8. The Balaban J connectivity index is 1.36. The highest BCUT2D eigenvalue weighted by atomic mass is 32.2. The van der Waals surface area contributed by atoms with Gasteiger partial charge in [0.15, 0.2) is 0 Å². The van der Waals surface area contributed by atoms with Crippen LogP contribution >= 0.6 is 23.1 Å². The molecule has 1 aliphatic carbocycles. The highest BCUT2D eigenvalue weighted by Gasteiger charge is 2.27. The summed E-state index contributed by atoms with van der Waals surface area (Å²) in [7, 11) is 0. The lowest BCUT2D eigenvalue weighted by atomic mass is 9.90. The van der Waals surface area contributed by atoms with Gasteiger partial charge in [-0.25, -0.2) is 15.0 Å². The number of rotatable bonds is 5. The standard InChI is InChI=1S/C27H29N5O2S2/c1-16-7-9-18(10-8-16)30-25(33)17(2)35-27-23-22(28-15-29-27)21-19-5-3-4-6-20(19)24(31-26(21)36-23)32-11-13-34-14-12-32/h7-10,15,17H,3-6,11-14H2,1-2H3,(H,30,33)/t17-/m1/s1. The van der Waals surface area contributed by atoms with Crippen LogP contribution in [-0.2, 0) is 22.4 Å². The molecule has 2 aliphatic rings. The summed E-state index contributed by atoms with van der Waals surface area (Å²) in [5.74, 6) is 1.09. The molecule has 7 nitrogen and oxygen atoms in total. The second-order valence-electron chi connectivity index (χ2n) is 9.45. The van der Waals surface area contributed by atoms with Crippen molar-refractivity contribution in [2.24, 2.45) is 0 Å². The number of thiophene rings is 1. The van der Waals surface area contributed by atoms with E-state index in [2.05, 4.69) is 15.2 Å². The molecule has 0 radical (unpaired) electrons. The molecule has 0 bridgehead atoms. The molecule has 36 heavy (non-hydrogen) atoms. The maximum absolute atomic E-state index is 12.9. The molecule has 1 fully saturated rings. The Labute approximate surface area is 218 Å². The summed E-state index contributed by atoms with van der Waals surface area (Å²) >= 11 is 3.13. The number of benzene rings is 1. The third-order valence-electron chi connectivity index (χ3n) is 6.95. The van der Waals surface area contributed by atoms with Crippen LogP contribution < -0.4 is 10.2 Å². The van der Waals surface area contributed by atoms with Crippen molar-refractivity contribution in [1.29, 1.82) is 0 Å². The van der Waals surface area contributed by atoms with Gasteiger partial charge < -0.3 is 15.0 Å². The second-order valence-corrected chi connectivity index (χ2v) is 11.8. The number of aromatic nitrogens is 3. The first-order valence-electron chi connectivity index (χ1n) is 12.5. The van der Waals surface area contributed by atoms with Gasteiger partial charge in [-0.1, -0.05) is 29.5 Å². The molecule has 1 saturated heterocycles. The van der Waals surface area contributed by atoms with Gasteiger partial charge in [0.2, 0.25) is 5.91 Å². The maximum Gasteiger partial charge on any atom is 0.237 e. The van der Waals surface area contributed by atoms with Gasteiger partial charge in [-0.15, -0.1) is 11.3 Å². The van der Waals surface area contributed by atoms with Gasteiger partial charge in [-0.3, -0.25) is 4.79 Å². The maximum atomic E-state index is 12.9. The lowest BCUT2D eigenvalue weighted by Crippen LogP contribution is -2.37. The number of anilines is 2. The molecule has 1 N–H and O–H groups in total. The number of pyridine rings is 1. The summed E-state index contributed by atoms with van der Waals surface area (Å²) in [4.78, 5) is 30.8. The van der Waals surface area contributed by atoms with E-state index in [4.69, 9.17) is 14.7 Å². The number of nitrogens with zero attached hydrogens (tertiary/aromatic N) is 4. The van der Waals surface area contributed by atoms with E-state index >= 15 is 0 Å². The summed E-state index contributed by atoms with van der Waals surface area (Å²) in [6.07, 6.45) is 6.13.